The highest BCUT2D eigenvalue weighted by Gasteiger charge is 2.16. The molecule has 1 aromatic rings. The normalized spacial score (nSPS) is 20.2. The van der Waals surface area contributed by atoms with Gasteiger partial charge in [0.15, 0.2) is 0 Å². The van der Waals surface area contributed by atoms with Crippen molar-refractivity contribution in [2.75, 3.05) is 42.5 Å². The largest absolute Gasteiger partial charge is 0.385 e. The summed E-state index contributed by atoms with van der Waals surface area (Å²) in [6.45, 7) is 4.92. The van der Waals surface area contributed by atoms with E-state index in [-0.39, 0.29) is 5.75 Å². The molecule has 0 aliphatic carbocycles. The molecular formula is C15H25N3O2S. The highest BCUT2D eigenvalue weighted by atomic mass is 32.2. The molecule has 1 aromatic carbocycles. The van der Waals surface area contributed by atoms with E-state index in [2.05, 4.69) is 22.0 Å². The van der Waals surface area contributed by atoms with Crippen molar-refractivity contribution in [3.05, 3.63) is 24.3 Å². The van der Waals surface area contributed by atoms with Gasteiger partial charge in [0, 0.05) is 24.5 Å². The number of sulfonamides is 1. The molecule has 1 aliphatic rings. The lowest BCUT2D eigenvalue weighted by atomic mass is 9.98. The summed E-state index contributed by atoms with van der Waals surface area (Å²) in [5.41, 5.74) is 1.64. The lowest BCUT2D eigenvalue weighted by Crippen LogP contribution is -2.35. The Hall–Kier alpha value is -1.27. The van der Waals surface area contributed by atoms with Crippen molar-refractivity contribution >= 4 is 21.4 Å². The molecule has 0 bridgehead atoms. The van der Waals surface area contributed by atoms with E-state index in [1.54, 1.807) is 19.1 Å². The van der Waals surface area contributed by atoms with Crippen LogP contribution in [0.5, 0.6) is 0 Å². The highest BCUT2D eigenvalue weighted by molar-refractivity contribution is 7.92. The molecule has 1 atom stereocenters. The molecule has 1 heterocycles. The summed E-state index contributed by atoms with van der Waals surface area (Å²) in [4.78, 5) is 2.37. The highest BCUT2D eigenvalue weighted by Crippen LogP contribution is 2.18. The van der Waals surface area contributed by atoms with Crippen LogP contribution in [0.15, 0.2) is 24.3 Å². The van der Waals surface area contributed by atoms with E-state index in [4.69, 9.17) is 0 Å². The number of nitrogens with zero attached hydrogens (tertiary/aromatic N) is 1. The van der Waals surface area contributed by atoms with Gasteiger partial charge in [-0.2, -0.15) is 0 Å². The molecular weight excluding hydrogens is 286 g/mol. The summed E-state index contributed by atoms with van der Waals surface area (Å²) in [6.07, 6.45) is 2.53. The lowest BCUT2D eigenvalue weighted by Gasteiger charge is -2.30. The fourth-order valence-electron chi connectivity index (χ4n) is 2.61. The fourth-order valence-corrected chi connectivity index (χ4v) is 3.25. The summed E-state index contributed by atoms with van der Waals surface area (Å²) in [7, 11) is -1.03. The number of anilines is 2. The number of hydrogen-bond donors (Lipinski definition) is 2. The quantitative estimate of drug-likeness (QED) is 0.845. The van der Waals surface area contributed by atoms with Crippen molar-refractivity contribution in [1.29, 1.82) is 0 Å². The van der Waals surface area contributed by atoms with E-state index in [0.717, 1.165) is 18.8 Å². The zero-order valence-corrected chi connectivity index (χ0v) is 13.6. The summed E-state index contributed by atoms with van der Waals surface area (Å²) in [5.74, 6) is 0.768. The number of likely N-dealkylation sites (tertiary alicyclic amines) is 1. The van der Waals surface area contributed by atoms with Gasteiger partial charge in [0.2, 0.25) is 10.0 Å². The molecule has 2 rings (SSSR count). The molecule has 2 N–H and O–H groups in total. The predicted molar refractivity (Wildman–Crippen MR) is 88.2 cm³/mol. The third-order valence-electron chi connectivity index (χ3n) is 3.86. The van der Waals surface area contributed by atoms with Gasteiger partial charge in [-0.05, 0) is 63.5 Å². The maximum absolute atomic E-state index is 11.5. The Bertz CT molecular complexity index is 543. The second kappa shape index (κ2) is 7.13. The first-order valence-corrected chi connectivity index (χ1v) is 9.16. The standard InChI is InChI=1S/C15H25N3O2S/c1-3-21(19,20)17-15-8-6-14(7-9-15)16-11-13-5-4-10-18(2)12-13/h6-9,13,16-17H,3-5,10-12H2,1-2H3. The maximum Gasteiger partial charge on any atom is 0.232 e. The summed E-state index contributed by atoms with van der Waals surface area (Å²) < 4.78 is 25.5. The van der Waals surface area contributed by atoms with Crippen molar-refractivity contribution < 1.29 is 8.42 Å². The van der Waals surface area contributed by atoms with Crippen LogP contribution >= 0.6 is 0 Å². The van der Waals surface area contributed by atoms with Gasteiger partial charge in [0.05, 0.1) is 5.75 Å². The number of rotatable bonds is 6. The summed E-state index contributed by atoms with van der Waals surface area (Å²) in [6, 6.07) is 7.42. The molecule has 1 aliphatic heterocycles. The van der Waals surface area contributed by atoms with E-state index in [9.17, 15) is 8.42 Å². The van der Waals surface area contributed by atoms with E-state index in [1.807, 2.05) is 12.1 Å². The molecule has 0 saturated carbocycles. The minimum Gasteiger partial charge on any atom is -0.385 e. The van der Waals surface area contributed by atoms with Crippen LogP contribution in [0.4, 0.5) is 11.4 Å². The van der Waals surface area contributed by atoms with Crippen molar-refractivity contribution in [3.8, 4) is 0 Å². The average molecular weight is 311 g/mol. The molecule has 118 valence electrons. The van der Waals surface area contributed by atoms with Gasteiger partial charge < -0.3 is 10.2 Å². The Morgan fingerprint density at radius 2 is 1.90 bits per heavy atom. The van der Waals surface area contributed by atoms with E-state index in [1.165, 1.54) is 19.4 Å². The van der Waals surface area contributed by atoms with Crippen molar-refractivity contribution in [2.45, 2.75) is 19.8 Å². The Balaban J connectivity index is 1.85. The van der Waals surface area contributed by atoms with Gasteiger partial charge in [-0.15, -0.1) is 0 Å². The van der Waals surface area contributed by atoms with Crippen molar-refractivity contribution in [3.63, 3.8) is 0 Å². The Kier molecular flexibility index (Phi) is 5.47. The first-order chi connectivity index (χ1) is 9.98. The van der Waals surface area contributed by atoms with Crippen LogP contribution < -0.4 is 10.0 Å². The van der Waals surface area contributed by atoms with Crippen LogP contribution in [0.2, 0.25) is 0 Å². The minimum atomic E-state index is -3.20. The smallest absolute Gasteiger partial charge is 0.232 e. The minimum absolute atomic E-state index is 0.0855. The van der Waals surface area contributed by atoms with Crippen LogP contribution in [-0.4, -0.2) is 45.8 Å². The van der Waals surface area contributed by atoms with Crippen LogP contribution in [0.3, 0.4) is 0 Å². The Morgan fingerprint density at radius 1 is 1.24 bits per heavy atom. The number of benzene rings is 1. The van der Waals surface area contributed by atoms with Gasteiger partial charge in [-0.25, -0.2) is 8.42 Å². The number of piperidine rings is 1. The average Bonchev–Trinajstić information content (AvgIpc) is 2.46. The van der Waals surface area contributed by atoms with Gasteiger partial charge >= 0.3 is 0 Å². The lowest BCUT2D eigenvalue weighted by molar-refractivity contribution is 0.217. The van der Waals surface area contributed by atoms with Crippen LogP contribution in [0.1, 0.15) is 19.8 Å². The SMILES string of the molecule is CCS(=O)(=O)Nc1ccc(NCC2CCCN(C)C2)cc1. The van der Waals surface area contributed by atoms with E-state index < -0.39 is 10.0 Å². The van der Waals surface area contributed by atoms with Crippen molar-refractivity contribution in [2.24, 2.45) is 5.92 Å². The Labute approximate surface area is 127 Å². The molecule has 0 aromatic heterocycles. The molecule has 0 amide bonds. The first kappa shape index (κ1) is 16.1. The second-order valence-corrected chi connectivity index (χ2v) is 7.75. The third-order valence-corrected chi connectivity index (χ3v) is 5.16. The summed E-state index contributed by atoms with van der Waals surface area (Å²) in [5, 5.41) is 3.44. The predicted octanol–water partition coefficient (Wildman–Crippen LogP) is 2.20. The zero-order valence-electron chi connectivity index (χ0n) is 12.8. The molecule has 1 saturated heterocycles. The Morgan fingerprint density at radius 3 is 2.52 bits per heavy atom. The van der Waals surface area contributed by atoms with Crippen LogP contribution in [-0.2, 0) is 10.0 Å². The van der Waals surface area contributed by atoms with Crippen LogP contribution in [0, 0.1) is 5.92 Å². The first-order valence-electron chi connectivity index (χ1n) is 7.51. The second-order valence-electron chi connectivity index (χ2n) is 5.73. The maximum atomic E-state index is 11.5. The van der Waals surface area contributed by atoms with Crippen molar-refractivity contribution in [1.82, 2.24) is 4.90 Å². The number of nitrogens with one attached hydrogen (secondary N) is 2. The molecule has 0 spiro atoms. The van der Waals surface area contributed by atoms with E-state index in [0.29, 0.717) is 11.6 Å². The number of hydrogen-bond acceptors (Lipinski definition) is 4. The van der Waals surface area contributed by atoms with Crippen LogP contribution in [0.25, 0.3) is 0 Å². The zero-order chi connectivity index (χ0) is 15.3. The molecule has 0 radical (unpaired) electrons. The van der Waals surface area contributed by atoms with Gasteiger partial charge in [-0.3, -0.25) is 4.72 Å². The molecule has 6 heteroatoms. The monoisotopic (exact) mass is 311 g/mol. The molecule has 1 unspecified atom stereocenters. The topological polar surface area (TPSA) is 61.4 Å². The molecule has 1 fully saturated rings. The van der Waals surface area contributed by atoms with Gasteiger partial charge in [0.25, 0.3) is 0 Å². The summed E-state index contributed by atoms with van der Waals surface area (Å²) >= 11 is 0. The van der Waals surface area contributed by atoms with E-state index >= 15 is 0 Å². The third kappa shape index (κ3) is 5.21. The fraction of sp³-hybridized carbons (Fsp3) is 0.600. The molecule has 21 heavy (non-hydrogen) atoms. The van der Waals surface area contributed by atoms with Gasteiger partial charge in [0.1, 0.15) is 0 Å². The molecule has 5 nitrogen and oxygen atoms in total. The van der Waals surface area contributed by atoms with Gasteiger partial charge in [-0.1, -0.05) is 0 Å².